The van der Waals surface area contributed by atoms with E-state index in [9.17, 15) is 4.79 Å². The number of hydrogen-bond acceptors (Lipinski definition) is 1. The van der Waals surface area contributed by atoms with Crippen LogP contribution in [-0.2, 0) is 4.79 Å². The summed E-state index contributed by atoms with van der Waals surface area (Å²) in [6.07, 6.45) is 5.81. The normalized spacial score (nSPS) is 40.6. The number of hydrogen-bond donors (Lipinski definition) is 0. The molecule has 2 aliphatic rings. The summed E-state index contributed by atoms with van der Waals surface area (Å²) in [5.41, 5.74) is 0.264. The molecule has 0 aliphatic heterocycles. The van der Waals surface area contributed by atoms with Gasteiger partial charge in [-0.05, 0) is 36.5 Å². The van der Waals surface area contributed by atoms with Gasteiger partial charge in [0.15, 0.2) is 0 Å². The van der Waals surface area contributed by atoms with Crippen molar-refractivity contribution in [2.75, 3.05) is 0 Å². The van der Waals surface area contributed by atoms with E-state index in [0.717, 1.165) is 0 Å². The molecule has 14 heavy (non-hydrogen) atoms. The van der Waals surface area contributed by atoms with E-state index in [1.54, 1.807) is 6.92 Å². The van der Waals surface area contributed by atoms with Crippen molar-refractivity contribution in [1.82, 2.24) is 0 Å². The summed E-state index contributed by atoms with van der Waals surface area (Å²) in [6.45, 7) is 8.56. The predicted molar refractivity (Wildman–Crippen MR) is 57.9 cm³/mol. The molecule has 4 unspecified atom stereocenters. The smallest absolute Gasteiger partial charge is 0.133 e. The third kappa shape index (κ3) is 1.34. The number of carbonyl (C=O) groups is 1. The minimum absolute atomic E-state index is 0.264. The molecule has 0 heterocycles. The van der Waals surface area contributed by atoms with Crippen molar-refractivity contribution < 1.29 is 4.79 Å². The maximum atomic E-state index is 11.7. The first-order valence-electron chi connectivity index (χ1n) is 5.60. The molecule has 78 valence electrons. The van der Waals surface area contributed by atoms with E-state index in [1.165, 1.54) is 6.42 Å². The minimum atomic E-state index is 0.264. The van der Waals surface area contributed by atoms with Gasteiger partial charge < -0.3 is 0 Å². The Morgan fingerprint density at radius 1 is 1.21 bits per heavy atom. The van der Waals surface area contributed by atoms with Gasteiger partial charge in [-0.2, -0.15) is 0 Å². The van der Waals surface area contributed by atoms with E-state index in [0.29, 0.717) is 29.5 Å². The van der Waals surface area contributed by atoms with Crippen LogP contribution in [0.15, 0.2) is 12.2 Å². The Morgan fingerprint density at radius 2 is 1.79 bits per heavy atom. The number of fused-ring (bicyclic) bond motifs is 2. The topological polar surface area (TPSA) is 17.1 Å². The fourth-order valence-electron chi connectivity index (χ4n) is 3.56. The van der Waals surface area contributed by atoms with Crippen molar-refractivity contribution in [3.8, 4) is 0 Å². The number of ketones is 1. The number of Topliss-reactive ketones (excluding diaryl/α,β-unsaturated/α-hetero) is 1. The van der Waals surface area contributed by atoms with Gasteiger partial charge in [0.2, 0.25) is 0 Å². The highest BCUT2D eigenvalue weighted by atomic mass is 16.1. The molecule has 1 nitrogen and oxygen atoms in total. The number of carbonyl (C=O) groups excluding carboxylic acids is 1. The Kier molecular flexibility index (Phi) is 2.09. The summed E-state index contributed by atoms with van der Waals surface area (Å²) >= 11 is 0. The summed E-state index contributed by atoms with van der Waals surface area (Å²) in [5.74, 6) is 2.46. The molecule has 1 fully saturated rings. The van der Waals surface area contributed by atoms with E-state index in [-0.39, 0.29) is 5.41 Å². The molecule has 4 atom stereocenters. The summed E-state index contributed by atoms with van der Waals surface area (Å²) in [6, 6.07) is 0. The zero-order valence-electron chi connectivity index (χ0n) is 9.58. The molecule has 2 rings (SSSR count). The second-order valence-electron chi connectivity index (χ2n) is 5.98. The highest BCUT2D eigenvalue weighted by Crippen LogP contribution is 2.54. The second kappa shape index (κ2) is 2.95. The SMILES string of the molecule is CC(=O)C1C2C=CC(C2)C1C(C)(C)C. The van der Waals surface area contributed by atoms with Crippen LogP contribution in [0.1, 0.15) is 34.1 Å². The minimum Gasteiger partial charge on any atom is -0.300 e. The second-order valence-corrected chi connectivity index (χ2v) is 5.98. The molecule has 2 bridgehead atoms. The Hall–Kier alpha value is -0.590. The Balaban J connectivity index is 2.31. The van der Waals surface area contributed by atoms with E-state index in [1.807, 2.05) is 0 Å². The first kappa shape index (κ1) is 9.95. The number of allylic oxidation sites excluding steroid dienone is 2. The maximum Gasteiger partial charge on any atom is 0.133 e. The lowest BCUT2D eigenvalue weighted by Crippen LogP contribution is -2.35. The monoisotopic (exact) mass is 192 g/mol. The van der Waals surface area contributed by atoms with Gasteiger partial charge in [0.1, 0.15) is 5.78 Å². The molecule has 2 aliphatic carbocycles. The van der Waals surface area contributed by atoms with Crippen molar-refractivity contribution in [2.24, 2.45) is 29.1 Å². The summed E-state index contributed by atoms with van der Waals surface area (Å²) < 4.78 is 0. The molecule has 0 radical (unpaired) electrons. The Labute approximate surface area is 86.6 Å². The third-order valence-corrected chi connectivity index (χ3v) is 3.93. The van der Waals surface area contributed by atoms with Crippen molar-refractivity contribution in [1.29, 1.82) is 0 Å². The summed E-state index contributed by atoms with van der Waals surface area (Å²) in [5, 5.41) is 0. The summed E-state index contributed by atoms with van der Waals surface area (Å²) in [7, 11) is 0. The van der Waals surface area contributed by atoms with Crippen LogP contribution in [0.4, 0.5) is 0 Å². The van der Waals surface area contributed by atoms with Gasteiger partial charge in [-0.1, -0.05) is 32.9 Å². The highest BCUT2D eigenvalue weighted by molar-refractivity contribution is 5.80. The van der Waals surface area contributed by atoms with Crippen LogP contribution in [0.25, 0.3) is 0 Å². The van der Waals surface area contributed by atoms with Gasteiger partial charge in [0, 0.05) is 5.92 Å². The van der Waals surface area contributed by atoms with Gasteiger partial charge in [-0.15, -0.1) is 0 Å². The maximum absolute atomic E-state index is 11.7. The van der Waals surface area contributed by atoms with E-state index < -0.39 is 0 Å². The van der Waals surface area contributed by atoms with Crippen LogP contribution < -0.4 is 0 Å². The zero-order chi connectivity index (χ0) is 10.5. The molecule has 0 aromatic carbocycles. The molecule has 0 amide bonds. The van der Waals surface area contributed by atoms with E-state index in [4.69, 9.17) is 0 Å². The molecular weight excluding hydrogens is 172 g/mol. The fraction of sp³-hybridized carbons (Fsp3) is 0.769. The van der Waals surface area contributed by atoms with Crippen molar-refractivity contribution in [2.45, 2.75) is 34.1 Å². The van der Waals surface area contributed by atoms with Crippen molar-refractivity contribution >= 4 is 5.78 Å². The van der Waals surface area contributed by atoms with Crippen molar-refractivity contribution in [3.63, 3.8) is 0 Å². The lowest BCUT2D eigenvalue weighted by molar-refractivity contribution is -0.124. The van der Waals surface area contributed by atoms with Gasteiger partial charge >= 0.3 is 0 Å². The number of rotatable bonds is 1. The lowest BCUT2D eigenvalue weighted by atomic mass is 9.67. The molecule has 1 saturated carbocycles. The van der Waals surface area contributed by atoms with Gasteiger partial charge in [-0.25, -0.2) is 0 Å². The highest BCUT2D eigenvalue weighted by Gasteiger charge is 2.50. The van der Waals surface area contributed by atoms with Gasteiger partial charge in [0.05, 0.1) is 0 Å². The van der Waals surface area contributed by atoms with Gasteiger partial charge in [0.25, 0.3) is 0 Å². The fourth-order valence-corrected chi connectivity index (χ4v) is 3.56. The Bertz CT molecular complexity index is 282. The molecule has 0 spiro atoms. The molecule has 0 saturated heterocycles. The zero-order valence-corrected chi connectivity index (χ0v) is 9.58. The first-order chi connectivity index (χ1) is 6.41. The third-order valence-electron chi connectivity index (χ3n) is 3.93. The Morgan fingerprint density at radius 3 is 2.21 bits per heavy atom. The van der Waals surface area contributed by atoms with Crippen LogP contribution in [-0.4, -0.2) is 5.78 Å². The molecule has 0 aromatic rings. The average molecular weight is 192 g/mol. The van der Waals surface area contributed by atoms with Crippen LogP contribution in [0, 0.1) is 29.1 Å². The van der Waals surface area contributed by atoms with E-state index >= 15 is 0 Å². The molecule has 0 N–H and O–H groups in total. The van der Waals surface area contributed by atoms with Crippen LogP contribution in [0.5, 0.6) is 0 Å². The summed E-state index contributed by atoms with van der Waals surface area (Å²) in [4.78, 5) is 11.7. The molecule has 0 aromatic heterocycles. The molecule has 1 heteroatoms. The standard InChI is InChI=1S/C13H20O/c1-8(14)11-9-5-6-10(7-9)12(11)13(2,3)4/h5-6,9-12H,7H2,1-4H3. The van der Waals surface area contributed by atoms with Gasteiger partial charge in [-0.3, -0.25) is 4.79 Å². The quantitative estimate of drug-likeness (QED) is 0.583. The average Bonchev–Trinajstić information content (AvgIpc) is 2.58. The van der Waals surface area contributed by atoms with Crippen LogP contribution in [0.2, 0.25) is 0 Å². The van der Waals surface area contributed by atoms with Crippen LogP contribution in [0.3, 0.4) is 0 Å². The predicted octanol–water partition coefficient (Wildman–Crippen LogP) is 3.06. The first-order valence-corrected chi connectivity index (χ1v) is 5.60. The lowest BCUT2D eigenvalue weighted by Gasteiger charge is -2.37. The van der Waals surface area contributed by atoms with Crippen molar-refractivity contribution in [3.05, 3.63) is 12.2 Å². The largest absolute Gasteiger partial charge is 0.300 e. The van der Waals surface area contributed by atoms with E-state index in [2.05, 4.69) is 32.9 Å². The molecular formula is C13H20O. The van der Waals surface area contributed by atoms with Crippen LogP contribution >= 0.6 is 0 Å².